The van der Waals surface area contributed by atoms with Crippen molar-refractivity contribution in [2.75, 3.05) is 32.5 Å². The fourth-order valence-corrected chi connectivity index (χ4v) is 2.68. The average molecular weight is 319 g/mol. The van der Waals surface area contributed by atoms with Crippen LogP contribution in [-0.2, 0) is 19.6 Å². The normalized spacial score (nSPS) is 11.3. The summed E-state index contributed by atoms with van der Waals surface area (Å²) < 4.78 is 44.1. The number of carbonyl (C=O) groups is 1. The average Bonchev–Trinajstić information content (AvgIpc) is 2.41. The van der Waals surface area contributed by atoms with Crippen molar-refractivity contribution in [3.05, 3.63) is 24.0 Å². The zero-order valence-electron chi connectivity index (χ0n) is 11.6. The van der Waals surface area contributed by atoms with Crippen LogP contribution in [0.5, 0.6) is 0 Å². The van der Waals surface area contributed by atoms with Gasteiger partial charge in [-0.05, 0) is 12.1 Å². The molecule has 118 valence electrons. The summed E-state index contributed by atoms with van der Waals surface area (Å²) in [5, 5.41) is 2.55. The number of carbonyl (C=O) groups excluding carboxylic acids is 1. The second-order valence-corrected chi connectivity index (χ2v) is 5.88. The predicted molar refractivity (Wildman–Crippen MR) is 75.5 cm³/mol. The van der Waals surface area contributed by atoms with E-state index in [0.29, 0.717) is 13.2 Å². The zero-order chi connectivity index (χ0) is 15.9. The van der Waals surface area contributed by atoms with Gasteiger partial charge in [-0.1, -0.05) is 6.07 Å². The maximum absolute atomic E-state index is 13.2. The molecule has 0 aliphatic heterocycles. The molecule has 0 heterocycles. The summed E-state index contributed by atoms with van der Waals surface area (Å²) in [5.41, 5.74) is 4.94. The van der Waals surface area contributed by atoms with Crippen LogP contribution in [0.25, 0.3) is 0 Å². The van der Waals surface area contributed by atoms with Crippen LogP contribution in [-0.4, -0.2) is 41.1 Å². The van der Waals surface area contributed by atoms with Gasteiger partial charge in [0.2, 0.25) is 15.9 Å². The standard InChI is InChI=1S/C12H18FN3O4S/c1-20-8-7-15-11(17)5-6-16-21(18,19)10-4-2-3-9(13)12(10)14/h2-4,16H,5-8,14H2,1H3,(H,15,17). The lowest BCUT2D eigenvalue weighted by molar-refractivity contribution is -0.121. The molecule has 0 saturated heterocycles. The van der Waals surface area contributed by atoms with E-state index in [0.717, 1.165) is 6.07 Å². The monoisotopic (exact) mass is 319 g/mol. The minimum atomic E-state index is -3.95. The molecule has 0 bridgehead atoms. The van der Waals surface area contributed by atoms with Crippen LogP contribution >= 0.6 is 0 Å². The van der Waals surface area contributed by atoms with Crippen LogP contribution in [0.3, 0.4) is 0 Å². The molecule has 0 fully saturated rings. The molecule has 0 atom stereocenters. The Kier molecular flexibility index (Phi) is 6.53. The van der Waals surface area contributed by atoms with Crippen molar-refractivity contribution in [1.82, 2.24) is 10.0 Å². The number of rotatable bonds is 8. The summed E-state index contributed by atoms with van der Waals surface area (Å²) in [6.45, 7) is 0.604. The van der Waals surface area contributed by atoms with E-state index < -0.39 is 21.5 Å². The van der Waals surface area contributed by atoms with E-state index in [4.69, 9.17) is 10.5 Å². The van der Waals surface area contributed by atoms with Crippen molar-refractivity contribution >= 4 is 21.6 Å². The van der Waals surface area contributed by atoms with Gasteiger partial charge in [0.25, 0.3) is 0 Å². The van der Waals surface area contributed by atoms with Crippen molar-refractivity contribution < 1.29 is 22.3 Å². The predicted octanol–water partition coefficient (Wildman–Crippen LogP) is -0.161. The molecule has 9 heteroatoms. The number of halogens is 1. The summed E-state index contributed by atoms with van der Waals surface area (Å²) in [6, 6.07) is 3.51. The highest BCUT2D eigenvalue weighted by molar-refractivity contribution is 7.89. The van der Waals surface area contributed by atoms with Crippen LogP contribution in [0, 0.1) is 5.82 Å². The molecule has 0 spiro atoms. The number of methoxy groups -OCH3 is 1. The molecule has 0 aliphatic carbocycles. The smallest absolute Gasteiger partial charge is 0.242 e. The number of nitrogens with two attached hydrogens (primary N) is 1. The lowest BCUT2D eigenvalue weighted by Crippen LogP contribution is -2.32. The molecule has 1 aromatic rings. The fourth-order valence-electron chi connectivity index (χ4n) is 1.51. The van der Waals surface area contributed by atoms with E-state index in [1.54, 1.807) is 0 Å². The van der Waals surface area contributed by atoms with E-state index >= 15 is 0 Å². The highest BCUT2D eigenvalue weighted by Gasteiger charge is 2.19. The van der Waals surface area contributed by atoms with E-state index in [2.05, 4.69) is 10.0 Å². The van der Waals surface area contributed by atoms with Crippen LogP contribution in [0.1, 0.15) is 6.42 Å². The Morgan fingerprint density at radius 1 is 1.38 bits per heavy atom. The number of para-hydroxylation sites is 1. The lowest BCUT2D eigenvalue weighted by Gasteiger charge is -2.09. The highest BCUT2D eigenvalue weighted by atomic mass is 32.2. The van der Waals surface area contributed by atoms with Gasteiger partial charge in [0, 0.05) is 26.6 Å². The van der Waals surface area contributed by atoms with E-state index in [1.807, 2.05) is 0 Å². The Morgan fingerprint density at radius 2 is 2.10 bits per heavy atom. The van der Waals surface area contributed by atoms with Crippen molar-refractivity contribution in [3.8, 4) is 0 Å². The number of nitrogen functional groups attached to an aromatic ring is 1. The minimum Gasteiger partial charge on any atom is -0.395 e. The van der Waals surface area contributed by atoms with Crippen molar-refractivity contribution in [3.63, 3.8) is 0 Å². The first-order valence-electron chi connectivity index (χ1n) is 6.17. The molecule has 0 aliphatic rings. The van der Waals surface area contributed by atoms with Gasteiger partial charge in [0.15, 0.2) is 0 Å². The van der Waals surface area contributed by atoms with Gasteiger partial charge in [-0.2, -0.15) is 0 Å². The number of ether oxygens (including phenoxy) is 1. The molecular formula is C12H18FN3O4S. The largest absolute Gasteiger partial charge is 0.395 e. The second kappa shape index (κ2) is 7.91. The molecule has 1 amide bonds. The van der Waals surface area contributed by atoms with Gasteiger partial charge < -0.3 is 15.8 Å². The summed E-state index contributed by atoms with van der Waals surface area (Å²) in [4.78, 5) is 11.0. The molecule has 0 unspecified atom stereocenters. The molecule has 7 nitrogen and oxygen atoms in total. The third-order valence-electron chi connectivity index (χ3n) is 2.57. The van der Waals surface area contributed by atoms with Crippen LogP contribution in [0.15, 0.2) is 23.1 Å². The van der Waals surface area contributed by atoms with Crippen LogP contribution in [0.4, 0.5) is 10.1 Å². The molecule has 21 heavy (non-hydrogen) atoms. The molecule has 4 N–H and O–H groups in total. The molecule has 0 saturated carbocycles. The summed E-state index contributed by atoms with van der Waals surface area (Å²) in [7, 11) is -2.45. The van der Waals surface area contributed by atoms with Crippen molar-refractivity contribution in [2.45, 2.75) is 11.3 Å². The number of nitrogens with one attached hydrogen (secondary N) is 2. The van der Waals surface area contributed by atoms with Crippen LogP contribution in [0.2, 0.25) is 0 Å². The number of hydrogen-bond donors (Lipinski definition) is 3. The Morgan fingerprint density at radius 3 is 2.76 bits per heavy atom. The van der Waals surface area contributed by atoms with Gasteiger partial charge in [0.1, 0.15) is 10.7 Å². The Bertz CT molecular complexity index is 592. The zero-order valence-corrected chi connectivity index (χ0v) is 12.4. The summed E-state index contributed by atoms with van der Waals surface area (Å²) in [6.07, 6.45) is -0.0435. The Hall–Kier alpha value is -1.71. The maximum atomic E-state index is 13.2. The molecule has 0 radical (unpaired) electrons. The number of anilines is 1. The summed E-state index contributed by atoms with van der Waals surface area (Å²) in [5.74, 6) is -1.13. The topological polar surface area (TPSA) is 111 Å². The van der Waals surface area contributed by atoms with Gasteiger partial charge in [-0.15, -0.1) is 0 Å². The molecule has 1 rings (SSSR count). The van der Waals surface area contributed by atoms with Gasteiger partial charge in [0.05, 0.1) is 12.3 Å². The van der Waals surface area contributed by atoms with Gasteiger partial charge in [-0.25, -0.2) is 17.5 Å². The van der Waals surface area contributed by atoms with E-state index in [1.165, 1.54) is 19.2 Å². The SMILES string of the molecule is COCCNC(=O)CCNS(=O)(=O)c1cccc(F)c1N. The van der Waals surface area contributed by atoms with E-state index in [-0.39, 0.29) is 23.8 Å². The number of hydrogen-bond acceptors (Lipinski definition) is 5. The quantitative estimate of drug-likeness (QED) is 0.455. The van der Waals surface area contributed by atoms with E-state index in [9.17, 15) is 17.6 Å². The molecular weight excluding hydrogens is 301 g/mol. The highest BCUT2D eigenvalue weighted by Crippen LogP contribution is 2.20. The van der Waals surface area contributed by atoms with Gasteiger partial charge in [-0.3, -0.25) is 4.79 Å². The second-order valence-electron chi connectivity index (χ2n) is 4.14. The number of benzene rings is 1. The lowest BCUT2D eigenvalue weighted by atomic mass is 10.3. The first-order valence-corrected chi connectivity index (χ1v) is 7.66. The Labute approximate surface area is 122 Å². The Balaban J connectivity index is 2.54. The van der Waals surface area contributed by atoms with Crippen LogP contribution < -0.4 is 15.8 Å². The first-order chi connectivity index (χ1) is 9.88. The number of amides is 1. The number of sulfonamides is 1. The maximum Gasteiger partial charge on any atom is 0.242 e. The minimum absolute atomic E-state index is 0.0435. The van der Waals surface area contributed by atoms with Crippen molar-refractivity contribution in [2.24, 2.45) is 0 Å². The van der Waals surface area contributed by atoms with Crippen molar-refractivity contribution in [1.29, 1.82) is 0 Å². The third kappa shape index (κ3) is 5.29. The summed E-state index contributed by atoms with van der Waals surface area (Å²) >= 11 is 0. The fraction of sp³-hybridized carbons (Fsp3) is 0.417. The molecule has 1 aromatic carbocycles. The third-order valence-corrected chi connectivity index (χ3v) is 4.09. The molecule has 0 aromatic heterocycles. The van der Waals surface area contributed by atoms with Gasteiger partial charge >= 0.3 is 0 Å². The first kappa shape index (κ1) is 17.3.